The van der Waals surface area contributed by atoms with Gasteiger partial charge in [-0.15, -0.1) is 0 Å². The summed E-state index contributed by atoms with van der Waals surface area (Å²) < 4.78 is 6.92. The van der Waals surface area contributed by atoms with Crippen LogP contribution in [0.15, 0.2) is 36.7 Å². The topological polar surface area (TPSA) is 44.1 Å². The van der Waals surface area contributed by atoms with Crippen LogP contribution >= 0.6 is 11.6 Å². The van der Waals surface area contributed by atoms with Crippen molar-refractivity contribution in [3.8, 4) is 5.75 Å². The van der Waals surface area contributed by atoms with E-state index in [0.29, 0.717) is 16.3 Å². The maximum absolute atomic E-state index is 11.7. The number of ether oxygens (including phenoxy) is 1. The summed E-state index contributed by atoms with van der Waals surface area (Å²) >= 11 is 5.80. The number of hydrogen-bond donors (Lipinski definition) is 0. The number of benzene rings is 1. The van der Waals surface area contributed by atoms with Gasteiger partial charge in [-0.3, -0.25) is 9.48 Å². The Morgan fingerprint density at radius 3 is 3.00 bits per heavy atom. The molecule has 1 aromatic carbocycles. The zero-order valence-corrected chi connectivity index (χ0v) is 10.0. The van der Waals surface area contributed by atoms with E-state index in [2.05, 4.69) is 5.10 Å². The number of rotatable bonds is 4. The lowest BCUT2D eigenvalue weighted by Crippen LogP contribution is -2.10. The fraction of sp³-hybridized carbons (Fsp3) is 0.167. The van der Waals surface area contributed by atoms with E-state index in [1.165, 1.54) is 6.20 Å². The van der Waals surface area contributed by atoms with Gasteiger partial charge in [0.15, 0.2) is 6.61 Å². The molecule has 0 aliphatic rings. The minimum absolute atomic E-state index is 0.0218. The normalized spacial score (nSPS) is 10.2. The predicted octanol–water partition coefficient (Wildman–Crippen LogP) is 2.34. The number of aromatic nitrogens is 2. The summed E-state index contributed by atoms with van der Waals surface area (Å²) in [6.45, 7) is -0.0218. The summed E-state index contributed by atoms with van der Waals surface area (Å²) in [7, 11) is 1.76. The molecule has 5 heteroatoms. The Balaban J connectivity index is 1.97. The largest absolute Gasteiger partial charge is 0.485 e. The standard InChI is InChI=1S/C12H11ClN2O2/c1-15-7-9(6-14-15)12(16)8-17-11-4-2-3-10(13)5-11/h2-7H,8H2,1H3. The summed E-state index contributed by atoms with van der Waals surface area (Å²) in [4.78, 5) is 11.7. The number of hydrogen-bond acceptors (Lipinski definition) is 3. The molecule has 0 spiro atoms. The van der Waals surface area contributed by atoms with Crippen LogP contribution in [0.3, 0.4) is 0 Å². The Bertz CT molecular complexity index is 537. The molecule has 4 nitrogen and oxygen atoms in total. The summed E-state index contributed by atoms with van der Waals surface area (Å²) in [5.74, 6) is 0.466. The van der Waals surface area contributed by atoms with Crippen LogP contribution in [0.4, 0.5) is 0 Å². The van der Waals surface area contributed by atoms with Crippen molar-refractivity contribution in [2.24, 2.45) is 7.05 Å². The van der Waals surface area contributed by atoms with Crippen LogP contribution in [0.25, 0.3) is 0 Å². The van der Waals surface area contributed by atoms with Crippen LogP contribution < -0.4 is 4.74 Å². The third kappa shape index (κ3) is 3.07. The Labute approximate surface area is 104 Å². The fourth-order valence-electron chi connectivity index (χ4n) is 1.35. The molecular weight excluding hydrogens is 240 g/mol. The predicted molar refractivity (Wildman–Crippen MR) is 64.5 cm³/mol. The molecule has 0 aliphatic carbocycles. The highest BCUT2D eigenvalue weighted by molar-refractivity contribution is 6.30. The highest BCUT2D eigenvalue weighted by Crippen LogP contribution is 2.17. The zero-order chi connectivity index (χ0) is 12.3. The first kappa shape index (κ1) is 11.7. The Morgan fingerprint density at radius 1 is 1.53 bits per heavy atom. The summed E-state index contributed by atoms with van der Waals surface area (Å²) in [5.41, 5.74) is 0.537. The van der Waals surface area contributed by atoms with Gasteiger partial charge in [0.1, 0.15) is 5.75 Å². The minimum Gasteiger partial charge on any atom is -0.485 e. The summed E-state index contributed by atoms with van der Waals surface area (Å²) in [5, 5.41) is 4.51. The number of carbonyl (C=O) groups excluding carboxylic acids is 1. The van der Waals surface area contributed by atoms with Crippen molar-refractivity contribution in [3.05, 3.63) is 47.2 Å². The van der Waals surface area contributed by atoms with Gasteiger partial charge in [0.2, 0.25) is 5.78 Å². The lowest BCUT2D eigenvalue weighted by Gasteiger charge is -2.04. The Kier molecular flexibility index (Phi) is 3.44. The second-order valence-electron chi connectivity index (χ2n) is 3.57. The average molecular weight is 251 g/mol. The fourth-order valence-corrected chi connectivity index (χ4v) is 1.53. The molecule has 0 N–H and O–H groups in total. The van der Waals surface area contributed by atoms with Crippen LogP contribution in [-0.4, -0.2) is 22.2 Å². The molecular formula is C12H11ClN2O2. The van der Waals surface area contributed by atoms with Crippen molar-refractivity contribution in [2.45, 2.75) is 0 Å². The second-order valence-corrected chi connectivity index (χ2v) is 4.01. The van der Waals surface area contributed by atoms with Crippen molar-refractivity contribution in [1.29, 1.82) is 0 Å². The third-order valence-corrected chi connectivity index (χ3v) is 2.43. The van der Waals surface area contributed by atoms with Crippen LogP contribution in [0.2, 0.25) is 5.02 Å². The number of aryl methyl sites for hydroxylation is 1. The first-order valence-corrected chi connectivity index (χ1v) is 5.43. The van der Waals surface area contributed by atoms with Crippen LogP contribution in [0, 0.1) is 0 Å². The first-order chi connectivity index (χ1) is 8.15. The molecule has 2 aromatic rings. The molecule has 0 unspecified atom stereocenters. The monoisotopic (exact) mass is 250 g/mol. The molecule has 0 saturated heterocycles. The smallest absolute Gasteiger partial charge is 0.203 e. The van der Waals surface area contributed by atoms with Crippen LogP contribution in [-0.2, 0) is 7.05 Å². The molecule has 1 aromatic heterocycles. The summed E-state index contributed by atoms with van der Waals surface area (Å²) in [6.07, 6.45) is 3.17. The van der Waals surface area contributed by atoms with E-state index in [1.54, 1.807) is 42.2 Å². The quantitative estimate of drug-likeness (QED) is 0.783. The van der Waals surface area contributed by atoms with Gasteiger partial charge in [-0.1, -0.05) is 17.7 Å². The van der Waals surface area contributed by atoms with Gasteiger partial charge in [-0.2, -0.15) is 5.10 Å². The highest BCUT2D eigenvalue weighted by atomic mass is 35.5. The van der Waals surface area contributed by atoms with E-state index < -0.39 is 0 Å². The molecule has 0 bridgehead atoms. The zero-order valence-electron chi connectivity index (χ0n) is 9.26. The number of Topliss-reactive ketones (excluding diaryl/α,β-unsaturated/α-hetero) is 1. The van der Waals surface area contributed by atoms with Gasteiger partial charge in [0.25, 0.3) is 0 Å². The molecule has 1 heterocycles. The molecule has 0 fully saturated rings. The molecule has 0 aliphatic heterocycles. The van der Waals surface area contributed by atoms with E-state index in [1.807, 2.05) is 0 Å². The molecule has 2 rings (SSSR count). The average Bonchev–Trinajstić information content (AvgIpc) is 2.73. The van der Waals surface area contributed by atoms with Gasteiger partial charge in [-0.05, 0) is 18.2 Å². The third-order valence-electron chi connectivity index (χ3n) is 2.19. The number of ketones is 1. The van der Waals surface area contributed by atoms with E-state index >= 15 is 0 Å². The molecule has 0 radical (unpaired) electrons. The van der Waals surface area contributed by atoms with E-state index in [4.69, 9.17) is 16.3 Å². The van der Waals surface area contributed by atoms with Crippen molar-refractivity contribution in [3.63, 3.8) is 0 Å². The lowest BCUT2D eigenvalue weighted by molar-refractivity contribution is 0.0921. The summed E-state index contributed by atoms with van der Waals surface area (Å²) in [6, 6.07) is 6.93. The van der Waals surface area contributed by atoms with Crippen LogP contribution in [0.1, 0.15) is 10.4 Å². The SMILES string of the molecule is Cn1cc(C(=O)COc2cccc(Cl)c2)cn1. The van der Waals surface area contributed by atoms with Crippen LogP contribution in [0.5, 0.6) is 5.75 Å². The Morgan fingerprint density at radius 2 is 2.35 bits per heavy atom. The second kappa shape index (κ2) is 5.01. The van der Waals surface area contributed by atoms with Gasteiger partial charge in [0, 0.05) is 18.3 Å². The maximum Gasteiger partial charge on any atom is 0.203 e. The minimum atomic E-state index is -0.113. The van der Waals surface area contributed by atoms with Crippen molar-refractivity contribution in [1.82, 2.24) is 9.78 Å². The van der Waals surface area contributed by atoms with Crippen molar-refractivity contribution < 1.29 is 9.53 Å². The lowest BCUT2D eigenvalue weighted by atomic mass is 10.2. The van der Waals surface area contributed by atoms with Gasteiger partial charge >= 0.3 is 0 Å². The molecule has 0 saturated carbocycles. The van der Waals surface area contributed by atoms with Crippen molar-refractivity contribution >= 4 is 17.4 Å². The first-order valence-electron chi connectivity index (χ1n) is 5.05. The molecule has 0 amide bonds. The number of carbonyl (C=O) groups is 1. The van der Waals surface area contributed by atoms with Gasteiger partial charge in [0.05, 0.1) is 11.8 Å². The molecule has 88 valence electrons. The molecule has 0 atom stereocenters. The highest BCUT2D eigenvalue weighted by Gasteiger charge is 2.08. The van der Waals surface area contributed by atoms with Gasteiger partial charge in [-0.25, -0.2) is 0 Å². The van der Waals surface area contributed by atoms with Gasteiger partial charge < -0.3 is 4.74 Å². The Hall–Kier alpha value is -1.81. The molecule has 17 heavy (non-hydrogen) atoms. The maximum atomic E-state index is 11.7. The number of halogens is 1. The van der Waals surface area contributed by atoms with E-state index in [9.17, 15) is 4.79 Å². The number of nitrogens with zero attached hydrogens (tertiary/aromatic N) is 2. The van der Waals surface area contributed by atoms with E-state index in [0.717, 1.165) is 0 Å². The van der Waals surface area contributed by atoms with Crippen molar-refractivity contribution in [2.75, 3.05) is 6.61 Å². The van der Waals surface area contributed by atoms with E-state index in [-0.39, 0.29) is 12.4 Å².